The van der Waals surface area contributed by atoms with Crippen LogP contribution >= 0.6 is 0 Å². The molecule has 0 fully saturated rings. The van der Waals surface area contributed by atoms with Gasteiger partial charge in [0.2, 0.25) is 0 Å². The van der Waals surface area contributed by atoms with Gasteiger partial charge in [-0.25, -0.2) is 4.79 Å². The monoisotopic (exact) mass is 227 g/mol. The van der Waals surface area contributed by atoms with Crippen molar-refractivity contribution in [3.05, 3.63) is 12.2 Å². The number of hydrogen-bond donors (Lipinski definition) is 0. The maximum atomic E-state index is 11.4. The van der Waals surface area contributed by atoms with E-state index in [1.165, 1.54) is 0 Å². The third-order valence-electron chi connectivity index (χ3n) is 2.29. The topological polar surface area (TPSA) is 29.5 Å². The highest BCUT2D eigenvalue weighted by Gasteiger charge is 2.16. The zero-order valence-corrected chi connectivity index (χ0v) is 11.2. The van der Waals surface area contributed by atoms with Gasteiger partial charge in [-0.2, -0.15) is 0 Å². The Hall–Kier alpha value is -0.830. The van der Waals surface area contributed by atoms with Crippen molar-refractivity contribution in [1.82, 2.24) is 4.90 Å². The molecule has 0 radical (unpaired) electrons. The van der Waals surface area contributed by atoms with Gasteiger partial charge in [-0.3, -0.25) is 4.90 Å². The first kappa shape index (κ1) is 15.2. The lowest BCUT2D eigenvalue weighted by Crippen LogP contribution is -2.37. The Balaban J connectivity index is 4.28. The molecular formula is C13H25NO2. The molecule has 0 aliphatic carbocycles. The summed E-state index contributed by atoms with van der Waals surface area (Å²) >= 11 is 0. The molecule has 0 aromatic heterocycles. The van der Waals surface area contributed by atoms with Crippen LogP contribution in [-0.4, -0.2) is 36.6 Å². The van der Waals surface area contributed by atoms with Gasteiger partial charge in [-0.05, 0) is 26.7 Å². The molecule has 0 heterocycles. The highest BCUT2D eigenvalue weighted by Crippen LogP contribution is 2.08. The Labute approximate surface area is 99.5 Å². The van der Waals surface area contributed by atoms with E-state index in [1.54, 1.807) is 6.92 Å². The lowest BCUT2D eigenvalue weighted by Gasteiger charge is -2.28. The number of esters is 1. The summed E-state index contributed by atoms with van der Waals surface area (Å²) in [5.41, 5.74) is 0.538. The van der Waals surface area contributed by atoms with E-state index >= 15 is 0 Å². The number of ether oxygens (including phenoxy) is 1. The summed E-state index contributed by atoms with van der Waals surface area (Å²) in [7, 11) is 0. The molecule has 0 spiro atoms. The molecule has 0 atom stereocenters. The van der Waals surface area contributed by atoms with Crippen LogP contribution in [-0.2, 0) is 9.53 Å². The minimum absolute atomic E-state index is 0.281. The largest absolute Gasteiger partial charge is 0.463 e. The Morgan fingerprint density at radius 1 is 1.31 bits per heavy atom. The SMILES string of the molecule is C=C(CN(CC(C)C)C(C)C)C(=O)OCC. The molecule has 0 aliphatic heterocycles. The molecule has 0 unspecified atom stereocenters. The average molecular weight is 227 g/mol. The second-order valence-corrected chi connectivity index (χ2v) is 4.74. The molecule has 0 rings (SSSR count). The first-order chi connectivity index (χ1) is 7.38. The molecule has 0 N–H and O–H groups in total. The molecule has 0 amide bonds. The van der Waals surface area contributed by atoms with Crippen LogP contribution < -0.4 is 0 Å². The standard InChI is InChI=1S/C13H25NO2/c1-7-16-13(15)12(6)9-14(11(4)5)8-10(2)3/h10-11H,6-9H2,1-5H3. The van der Waals surface area contributed by atoms with Crippen molar-refractivity contribution in [3.63, 3.8) is 0 Å². The fourth-order valence-electron chi connectivity index (χ4n) is 1.47. The maximum absolute atomic E-state index is 11.4. The highest BCUT2D eigenvalue weighted by molar-refractivity contribution is 5.88. The second-order valence-electron chi connectivity index (χ2n) is 4.74. The van der Waals surface area contributed by atoms with Crippen molar-refractivity contribution < 1.29 is 9.53 Å². The lowest BCUT2D eigenvalue weighted by molar-refractivity contribution is -0.138. The quantitative estimate of drug-likeness (QED) is 0.494. The Morgan fingerprint density at radius 3 is 2.25 bits per heavy atom. The van der Waals surface area contributed by atoms with Gasteiger partial charge >= 0.3 is 5.97 Å². The van der Waals surface area contributed by atoms with Gasteiger partial charge in [0.25, 0.3) is 0 Å². The van der Waals surface area contributed by atoms with Gasteiger partial charge in [0, 0.05) is 24.7 Å². The molecule has 0 aromatic carbocycles. The van der Waals surface area contributed by atoms with E-state index in [-0.39, 0.29) is 5.97 Å². The molecular weight excluding hydrogens is 202 g/mol. The van der Waals surface area contributed by atoms with Gasteiger partial charge in [0.15, 0.2) is 0 Å². The predicted octanol–water partition coefficient (Wildman–Crippen LogP) is 2.47. The van der Waals surface area contributed by atoms with E-state index in [9.17, 15) is 4.79 Å². The van der Waals surface area contributed by atoms with E-state index in [4.69, 9.17) is 4.74 Å². The fraction of sp³-hybridized carbons (Fsp3) is 0.769. The second kappa shape index (κ2) is 7.44. The molecule has 3 nitrogen and oxygen atoms in total. The zero-order chi connectivity index (χ0) is 12.7. The molecule has 16 heavy (non-hydrogen) atoms. The van der Waals surface area contributed by atoms with E-state index in [2.05, 4.69) is 39.2 Å². The van der Waals surface area contributed by atoms with Crippen LogP contribution in [0.15, 0.2) is 12.2 Å². The van der Waals surface area contributed by atoms with Crippen molar-refractivity contribution in [2.75, 3.05) is 19.7 Å². The van der Waals surface area contributed by atoms with Crippen LogP contribution in [0.25, 0.3) is 0 Å². The molecule has 0 saturated carbocycles. The van der Waals surface area contributed by atoms with Gasteiger partial charge in [0.05, 0.1) is 6.61 Å². The summed E-state index contributed by atoms with van der Waals surface area (Å²) in [4.78, 5) is 13.7. The molecule has 0 bridgehead atoms. The van der Waals surface area contributed by atoms with Gasteiger partial charge in [0.1, 0.15) is 0 Å². The number of nitrogens with zero attached hydrogens (tertiary/aromatic N) is 1. The van der Waals surface area contributed by atoms with Gasteiger partial charge in [-0.15, -0.1) is 0 Å². The van der Waals surface area contributed by atoms with Crippen molar-refractivity contribution in [3.8, 4) is 0 Å². The smallest absolute Gasteiger partial charge is 0.334 e. The normalized spacial score (nSPS) is 11.2. The Morgan fingerprint density at radius 2 is 1.88 bits per heavy atom. The van der Waals surface area contributed by atoms with Gasteiger partial charge in [-0.1, -0.05) is 20.4 Å². The van der Waals surface area contributed by atoms with Crippen LogP contribution in [0, 0.1) is 5.92 Å². The Kier molecular flexibility index (Phi) is 7.06. The minimum Gasteiger partial charge on any atom is -0.463 e. The number of carbonyl (C=O) groups is 1. The first-order valence-corrected chi connectivity index (χ1v) is 5.97. The van der Waals surface area contributed by atoms with E-state index in [0.717, 1.165) is 6.54 Å². The van der Waals surface area contributed by atoms with Crippen LogP contribution in [0.4, 0.5) is 0 Å². The zero-order valence-electron chi connectivity index (χ0n) is 11.2. The van der Waals surface area contributed by atoms with Crippen molar-refractivity contribution in [2.24, 2.45) is 5.92 Å². The van der Waals surface area contributed by atoms with Gasteiger partial charge < -0.3 is 4.74 Å². The fourth-order valence-corrected chi connectivity index (χ4v) is 1.47. The van der Waals surface area contributed by atoms with Crippen LogP contribution in [0.5, 0.6) is 0 Å². The van der Waals surface area contributed by atoms with Crippen molar-refractivity contribution >= 4 is 5.97 Å². The summed E-state index contributed by atoms with van der Waals surface area (Å²) < 4.78 is 4.92. The lowest BCUT2D eigenvalue weighted by atomic mass is 10.1. The van der Waals surface area contributed by atoms with Crippen LogP contribution in [0.2, 0.25) is 0 Å². The van der Waals surface area contributed by atoms with E-state index in [1.807, 2.05) is 0 Å². The van der Waals surface area contributed by atoms with Crippen LogP contribution in [0.1, 0.15) is 34.6 Å². The molecule has 0 aliphatic rings. The first-order valence-electron chi connectivity index (χ1n) is 5.97. The van der Waals surface area contributed by atoms with E-state index < -0.39 is 0 Å². The van der Waals surface area contributed by atoms with Crippen molar-refractivity contribution in [1.29, 1.82) is 0 Å². The van der Waals surface area contributed by atoms with Crippen LogP contribution in [0.3, 0.4) is 0 Å². The average Bonchev–Trinajstić information content (AvgIpc) is 2.16. The predicted molar refractivity (Wildman–Crippen MR) is 67.3 cm³/mol. The number of hydrogen-bond acceptors (Lipinski definition) is 3. The molecule has 0 saturated heterocycles. The van der Waals surface area contributed by atoms with Crippen molar-refractivity contribution in [2.45, 2.75) is 40.7 Å². The number of carbonyl (C=O) groups excluding carboxylic acids is 1. The third-order valence-corrected chi connectivity index (χ3v) is 2.29. The van der Waals surface area contributed by atoms with E-state index in [0.29, 0.717) is 30.7 Å². The summed E-state index contributed by atoms with van der Waals surface area (Å²) in [6, 6.07) is 0.411. The maximum Gasteiger partial charge on any atom is 0.334 e. The molecule has 0 aromatic rings. The summed E-state index contributed by atoms with van der Waals surface area (Å²) in [6.45, 7) is 16.1. The summed E-state index contributed by atoms with van der Waals surface area (Å²) in [5, 5.41) is 0. The Bertz CT molecular complexity index is 234. The third kappa shape index (κ3) is 5.91. The highest BCUT2D eigenvalue weighted by atomic mass is 16.5. The molecule has 94 valence electrons. The minimum atomic E-state index is -0.281. The number of rotatable bonds is 7. The summed E-state index contributed by atoms with van der Waals surface area (Å²) in [6.07, 6.45) is 0. The molecule has 3 heteroatoms. The summed E-state index contributed by atoms with van der Waals surface area (Å²) in [5.74, 6) is 0.300.